The molecule has 1 aliphatic rings. The Labute approximate surface area is 199 Å². The summed E-state index contributed by atoms with van der Waals surface area (Å²) in [5.74, 6) is -0.262. The maximum absolute atomic E-state index is 13.4. The largest absolute Gasteiger partial charge is 0.485 e. The summed E-state index contributed by atoms with van der Waals surface area (Å²) in [4.78, 5) is 31.2. The highest BCUT2D eigenvalue weighted by atomic mass is 19.1. The molecule has 1 aliphatic heterocycles. The van der Waals surface area contributed by atoms with Gasteiger partial charge >= 0.3 is 6.03 Å². The number of likely N-dealkylation sites (N-methyl/N-ethyl adjacent to an activating group) is 1. The molecule has 2 aromatic carbocycles. The van der Waals surface area contributed by atoms with Crippen LogP contribution in [0.1, 0.15) is 24.2 Å². The van der Waals surface area contributed by atoms with Crippen LogP contribution < -0.4 is 15.0 Å². The van der Waals surface area contributed by atoms with Gasteiger partial charge in [0.15, 0.2) is 5.75 Å². The Morgan fingerprint density at radius 3 is 2.53 bits per heavy atom. The second-order valence-corrected chi connectivity index (χ2v) is 8.99. The first kappa shape index (κ1) is 25.3. The zero-order chi connectivity index (χ0) is 25.0. The molecule has 0 aromatic heterocycles. The van der Waals surface area contributed by atoms with Crippen LogP contribution in [0.25, 0.3) is 0 Å². The molecule has 0 unspecified atom stereocenters. The summed E-state index contributed by atoms with van der Waals surface area (Å²) < 4.78 is 19.6. The van der Waals surface area contributed by atoms with Crippen molar-refractivity contribution in [1.82, 2.24) is 9.80 Å². The van der Waals surface area contributed by atoms with Crippen molar-refractivity contribution in [3.8, 4) is 5.75 Å². The number of hydrogen-bond acceptors (Lipinski definition) is 5. The number of amides is 3. The van der Waals surface area contributed by atoms with Crippen LogP contribution >= 0.6 is 0 Å². The summed E-state index contributed by atoms with van der Waals surface area (Å²) in [7, 11) is 5.40. The molecule has 3 rings (SSSR count). The number of aliphatic hydroxyl groups excluding tert-OH is 1. The van der Waals surface area contributed by atoms with Gasteiger partial charge in [-0.1, -0.05) is 13.0 Å². The molecule has 0 saturated heterocycles. The van der Waals surface area contributed by atoms with Crippen molar-refractivity contribution in [2.45, 2.75) is 26.0 Å². The number of carbonyl (C=O) groups excluding carboxylic acids is 2. The van der Waals surface area contributed by atoms with Crippen LogP contribution in [0.4, 0.5) is 20.6 Å². The zero-order valence-electron chi connectivity index (χ0n) is 20.3. The fraction of sp³-hybridized carbons (Fsp3) is 0.440. The predicted octanol–water partition coefficient (Wildman–Crippen LogP) is 3.28. The standard InChI is InChI=1S/C25H33FN4O4/c1-16-13-30(17(2)15-31)24(32)20-7-6-8-21(28(3)4)23(20)34-22(16)14-29(5)25(33)27-19-11-9-18(26)10-12-19/h6-12,16-17,22,31H,13-15H2,1-5H3,(H,27,33)/t16-,17-,22-/m0/s1. The number of para-hydroxylation sites is 1. The first-order valence-corrected chi connectivity index (χ1v) is 11.3. The van der Waals surface area contributed by atoms with E-state index in [1.54, 1.807) is 31.0 Å². The van der Waals surface area contributed by atoms with Gasteiger partial charge in [-0.3, -0.25) is 4.79 Å². The van der Waals surface area contributed by atoms with Crippen molar-refractivity contribution >= 4 is 23.3 Å². The van der Waals surface area contributed by atoms with Crippen LogP contribution in [0.3, 0.4) is 0 Å². The molecule has 2 aromatic rings. The van der Waals surface area contributed by atoms with E-state index in [1.165, 1.54) is 29.2 Å². The summed E-state index contributed by atoms with van der Waals surface area (Å²) in [6, 6.07) is 10.2. The van der Waals surface area contributed by atoms with Crippen molar-refractivity contribution in [3.63, 3.8) is 0 Å². The second kappa shape index (κ2) is 10.7. The maximum Gasteiger partial charge on any atom is 0.321 e. The molecule has 0 saturated carbocycles. The van der Waals surface area contributed by atoms with E-state index in [0.717, 1.165) is 5.69 Å². The van der Waals surface area contributed by atoms with Crippen molar-refractivity contribution in [1.29, 1.82) is 0 Å². The van der Waals surface area contributed by atoms with Crippen molar-refractivity contribution < 1.29 is 23.8 Å². The molecular formula is C25H33FN4O4. The van der Waals surface area contributed by atoms with Crippen molar-refractivity contribution in [2.24, 2.45) is 5.92 Å². The van der Waals surface area contributed by atoms with Gasteiger partial charge < -0.3 is 29.9 Å². The number of carbonyl (C=O) groups is 2. The summed E-state index contributed by atoms with van der Waals surface area (Å²) in [6.45, 7) is 4.23. The fourth-order valence-corrected chi connectivity index (χ4v) is 3.90. The van der Waals surface area contributed by atoms with E-state index in [9.17, 15) is 19.1 Å². The molecule has 0 radical (unpaired) electrons. The number of rotatable bonds is 6. The summed E-state index contributed by atoms with van der Waals surface area (Å²) >= 11 is 0. The Morgan fingerprint density at radius 2 is 1.91 bits per heavy atom. The van der Waals surface area contributed by atoms with Gasteiger partial charge in [-0.2, -0.15) is 0 Å². The molecular weight excluding hydrogens is 439 g/mol. The summed E-state index contributed by atoms with van der Waals surface area (Å²) in [5.41, 5.74) is 1.65. The lowest BCUT2D eigenvalue weighted by Crippen LogP contribution is -2.50. The molecule has 2 N–H and O–H groups in total. The number of nitrogens with zero attached hydrogens (tertiary/aromatic N) is 3. The van der Waals surface area contributed by atoms with E-state index in [-0.39, 0.29) is 42.9 Å². The van der Waals surface area contributed by atoms with E-state index < -0.39 is 6.10 Å². The molecule has 1 heterocycles. The van der Waals surface area contributed by atoms with Gasteiger partial charge in [-0.25, -0.2) is 9.18 Å². The van der Waals surface area contributed by atoms with Crippen LogP contribution in [0.5, 0.6) is 5.75 Å². The Morgan fingerprint density at radius 1 is 1.24 bits per heavy atom. The molecule has 8 nitrogen and oxygen atoms in total. The Balaban J connectivity index is 1.89. The molecule has 184 valence electrons. The molecule has 34 heavy (non-hydrogen) atoms. The highest BCUT2D eigenvalue weighted by Gasteiger charge is 2.35. The van der Waals surface area contributed by atoms with Crippen LogP contribution in [0.15, 0.2) is 42.5 Å². The van der Waals surface area contributed by atoms with E-state index in [2.05, 4.69) is 5.32 Å². The van der Waals surface area contributed by atoms with Crippen molar-refractivity contribution in [2.75, 3.05) is 51.1 Å². The average Bonchev–Trinajstić information content (AvgIpc) is 2.81. The van der Waals surface area contributed by atoms with Crippen molar-refractivity contribution in [3.05, 3.63) is 53.8 Å². The minimum Gasteiger partial charge on any atom is -0.485 e. The maximum atomic E-state index is 13.4. The number of halogens is 1. The molecule has 0 bridgehead atoms. The van der Waals surface area contributed by atoms with Gasteiger partial charge in [0.1, 0.15) is 11.9 Å². The normalized spacial score (nSPS) is 18.8. The average molecular weight is 473 g/mol. The number of benzene rings is 2. The first-order valence-electron chi connectivity index (χ1n) is 11.3. The minimum atomic E-state index is -0.426. The van der Waals surface area contributed by atoms with Gasteiger partial charge in [0.05, 0.1) is 30.4 Å². The fourth-order valence-electron chi connectivity index (χ4n) is 3.90. The smallest absolute Gasteiger partial charge is 0.321 e. The highest BCUT2D eigenvalue weighted by Crippen LogP contribution is 2.36. The predicted molar refractivity (Wildman–Crippen MR) is 130 cm³/mol. The molecule has 0 fully saturated rings. The van der Waals surface area contributed by atoms with E-state index in [1.807, 2.05) is 32.0 Å². The van der Waals surface area contributed by atoms with E-state index in [4.69, 9.17) is 4.74 Å². The number of hydrogen-bond donors (Lipinski definition) is 2. The van der Waals surface area contributed by atoms with Gasteiger partial charge in [0, 0.05) is 39.3 Å². The van der Waals surface area contributed by atoms with Crippen LogP contribution in [0.2, 0.25) is 0 Å². The molecule has 9 heteroatoms. The number of urea groups is 1. The number of ether oxygens (including phenoxy) is 1. The third-order valence-electron chi connectivity index (χ3n) is 6.05. The quantitative estimate of drug-likeness (QED) is 0.674. The number of fused-ring (bicyclic) bond motifs is 1. The number of anilines is 2. The Kier molecular flexibility index (Phi) is 7.98. The van der Waals surface area contributed by atoms with Gasteiger partial charge in [0.2, 0.25) is 0 Å². The first-order chi connectivity index (χ1) is 16.1. The summed E-state index contributed by atoms with van der Waals surface area (Å²) in [6.07, 6.45) is -0.426. The minimum absolute atomic E-state index is 0.137. The van der Waals surface area contributed by atoms with Gasteiger partial charge in [-0.05, 0) is 43.3 Å². The lowest BCUT2D eigenvalue weighted by molar-refractivity contribution is 0.0372. The van der Waals surface area contributed by atoms with Gasteiger partial charge in [-0.15, -0.1) is 0 Å². The van der Waals surface area contributed by atoms with Crippen LogP contribution in [-0.4, -0.2) is 79.8 Å². The third-order valence-corrected chi connectivity index (χ3v) is 6.05. The van der Waals surface area contributed by atoms with Crippen LogP contribution in [0, 0.1) is 11.7 Å². The van der Waals surface area contributed by atoms with Crippen LogP contribution in [-0.2, 0) is 0 Å². The molecule has 0 spiro atoms. The Hall–Kier alpha value is -3.33. The number of nitrogens with one attached hydrogen (secondary N) is 1. The highest BCUT2D eigenvalue weighted by molar-refractivity contribution is 5.99. The third kappa shape index (κ3) is 5.59. The Bertz CT molecular complexity index is 1010. The second-order valence-electron chi connectivity index (χ2n) is 8.99. The molecule has 3 amide bonds. The van der Waals surface area contributed by atoms with E-state index in [0.29, 0.717) is 23.5 Å². The molecule has 3 atom stereocenters. The summed E-state index contributed by atoms with van der Waals surface area (Å²) in [5, 5.41) is 12.5. The SMILES string of the molecule is C[C@H]1CN([C@@H](C)CO)C(=O)c2cccc(N(C)C)c2O[C@H]1CN(C)C(=O)Nc1ccc(F)cc1. The monoisotopic (exact) mass is 472 g/mol. The topological polar surface area (TPSA) is 85.4 Å². The zero-order valence-corrected chi connectivity index (χ0v) is 20.3. The lowest BCUT2D eigenvalue weighted by atomic mass is 9.99. The molecule has 0 aliphatic carbocycles. The lowest BCUT2D eigenvalue weighted by Gasteiger charge is -2.39. The number of aliphatic hydroxyl groups is 1. The van der Waals surface area contributed by atoms with E-state index >= 15 is 0 Å². The van der Waals surface area contributed by atoms with Gasteiger partial charge in [0.25, 0.3) is 5.91 Å².